The normalized spacial score (nSPS) is 11.0. The van der Waals surface area contributed by atoms with Crippen LogP contribution in [0, 0.1) is 0 Å². The molecule has 3 rings (SSSR count). The molecule has 3 aromatic rings. The lowest BCUT2D eigenvalue weighted by molar-refractivity contribution is 0.0523. The number of hydrogen-bond acceptors (Lipinski definition) is 7. The second kappa shape index (κ2) is 10.2. The van der Waals surface area contributed by atoms with Crippen molar-refractivity contribution in [3.63, 3.8) is 0 Å². The molecule has 32 heavy (non-hydrogen) atoms. The number of rotatable bonds is 8. The molecular weight excluding hydrogens is 524 g/mol. The standard InChI is InChI=1S/C21H18BrClN2O6S/c1-3-30-21(26)17-10-15(5-7-18(17)31-16-9-14(23)11-24-12-16)25-32(27,28)20-8-13(22)4-6-19(20)29-2/h4-12,25H,3H2,1-2H3. The Bertz CT molecular complexity index is 1250. The van der Waals surface area contributed by atoms with Crippen LogP contribution in [0.4, 0.5) is 5.69 Å². The van der Waals surface area contributed by atoms with Crippen LogP contribution in [0.3, 0.4) is 0 Å². The van der Waals surface area contributed by atoms with Gasteiger partial charge in [-0.3, -0.25) is 9.71 Å². The molecule has 11 heteroatoms. The van der Waals surface area contributed by atoms with E-state index in [4.69, 9.17) is 25.8 Å². The lowest BCUT2D eigenvalue weighted by Gasteiger charge is -2.15. The maximum atomic E-state index is 13.0. The average molecular weight is 542 g/mol. The van der Waals surface area contributed by atoms with Crippen LogP contribution in [-0.2, 0) is 14.8 Å². The van der Waals surface area contributed by atoms with E-state index in [-0.39, 0.29) is 34.3 Å². The summed E-state index contributed by atoms with van der Waals surface area (Å²) in [5.41, 5.74) is 0.153. The Morgan fingerprint density at radius 2 is 1.88 bits per heavy atom. The van der Waals surface area contributed by atoms with E-state index in [2.05, 4.69) is 25.6 Å². The zero-order chi connectivity index (χ0) is 23.3. The topological polar surface area (TPSA) is 104 Å². The van der Waals surface area contributed by atoms with E-state index < -0.39 is 16.0 Å². The summed E-state index contributed by atoms with van der Waals surface area (Å²) in [4.78, 5) is 16.4. The number of benzene rings is 2. The number of carbonyl (C=O) groups excluding carboxylic acids is 1. The van der Waals surface area contributed by atoms with Crippen LogP contribution in [0.2, 0.25) is 5.02 Å². The molecule has 0 bridgehead atoms. The molecule has 0 unspecified atom stereocenters. The first-order chi connectivity index (χ1) is 15.2. The SMILES string of the molecule is CCOC(=O)c1cc(NS(=O)(=O)c2cc(Br)ccc2OC)ccc1Oc1cncc(Cl)c1. The highest BCUT2D eigenvalue weighted by atomic mass is 79.9. The maximum Gasteiger partial charge on any atom is 0.342 e. The number of pyridine rings is 1. The number of halogens is 2. The Hall–Kier alpha value is -2.82. The van der Waals surface area contributed by atoms with E-state index in [1.807, 2.05) is 0 Å². The van der Waals surface area contributed by atoms with Crippen molar-refractivity contribution in [1.82, 2.24) is 4.98 Å². The van der Waals surface area contributed by atoms with E-state index in [9.17, 15) is 13.2 Å². The molecule has 0 amide bonds. The van der Waals surface area contributed by atoms with Gasteiger partial charge in [0.1, 0.15) is 27.7 Å². The molecule has 8 nitrogen and oxygen atoms in total. The Morgan fingerprint density at radius 3 is 2.56 bits per heavy atom. The number of sulfonamides is 1. The number of esters is 1. The van der Waals surface area contributed by atoms with Crippen LogP contribution in [0.1, 0.15) is 17.3 Å². The fraction of sp³-hybridized carbons (Fsp3) is 0.143. The molecule has 0 saturated heterocycles. The van der Waals surface area contributed by atoms with Gasteiger partial charge < -0.3 is 14.2 Å². The second-order valence-electron chi connectivity index (χ2n) is 6.27. The van der Waals surface area contributed by atoms with Gasteiger partial charge in [0.05, 0.1) is 24.9 Å². The lowest BCUT2D eigenvalue weighted by Crippen LogP contribution is -2.15. The van der Waals surface area contributed by atoms with Gasteiger partial charge in [-0.15, -0.1) is 0 Å². The maximum absolute atomic E-state index is 13.0. The second-order valence-corrected chi connectivity index (χ2v) is 9.28. The predicted molar refractivity (Wildman–Crippen MR) is 123 cm³/mol. The number of nitrogens with one attached hydrogen (secondary N) is 1. The smallest absolute Gasteiger partial charge is 0.342 e. The number of methoxy groups -OCH3 is 1. The first-order valence-electron chi connectivity index (χ1n) is 9.19. The van der Waals surface area contributed by atoms with E-state index in [1.54, 1.807) is 13.0 Å². The third-order valence-electron chi connectivity index (χ3n) is 4.05. The fourth-order valence-corrected chi connectivity index (χ4v) is 4.62. The quantitative estimate of drug-likeness (QED) is 0.387. The van der Waals surface area contributed by atoms with Gasteiger partial charge in [-0.2, -0.15) is 0 Å². The van der Waals surface area contributed by atoms with Gasteiger partial charge in [0.15, 0.2) is 0 Å². The predicted octanol–water partition coefficient (Wildman–Crippen LogP) is 5.28. The number of anilines is 1. The van der Waals surface area contributed by atoms with E-state index in [0.29, 0.717) is 15.2 Å². The van der Waals surface area contributed by atoms with Gasteiger partial charge in [-0.25, -0.2) is 13.2 Å². The van der Waals surface area contributed by atoms with Crippen LogP contribution in [0.15, 0.2) is 64.2 Å². The van der Waals surface area contributed by atoms with Crippen LogP contribution < -0.4 is 14.2 Å². The third kappa shape index (κ3) is 5.70. The first-order valence-corrected chi connectivity index (χ1v) is 11.8. The molecule has 0 spiro atoms. The minimum Gasteiger partial charge on any atom is -0.495 e. The van der Waals surface area contributed by atoms with Crippen molar-refractivity contribution in [3.05, 3.63) is 69.9 Å². The Kier molecular flexibility index (Phi) is 7.60. The van der Waals surface area contributed by atoms with Crippen molar-refractivity contribution in [2.45, 2.75) is 11.8 Å². The highest BCUT2D eigenvalue weighted by Gasteiger charge is 2.22. The number of aromatic nitrogens is 1. The van der Waals surface area contributed by atoms with Crippen molar-refractivity contribution >= 4 is 49.2 Å². The molecular formula is C21H18BrClN2O6S. The minimum atomic E-state index is -4.04. The highest BCUT2D eigenvalue weighted by molar-refractivity contribution is 9.10. The molecule has 1 heterocycles. The molecule has 0 radical (unpaired) electrons. The van der Waals surface area contributed by atoms with Gasteiger partial charge in [0.2, 0.25) is 0 Å². The van der Waals surface area contributed by atoms with Crippen molar-refractivity contribution < 1.29 is 27.4 Å². The Morgan fingerprint density at radius 1 is 1.12 bits per heavy atom. The van der Waals surface area contributed by atoms with Crippen LogP contribution >= 0.6 is 27.5 Å². The summed E-state index contributed by atoms with van der Waals surface area (Å²) in [5, 5.41) is 0.354. The Labute approximate surface area is 198 Å². The molecule has 0 aliphatic rings. The van der Waals surface area contributed by atoms with Crippen LogP contribution in [-0.4, -0.2) is 33.1 Å². The summed E-state index contributed by atoms with van der Waals surface area (Å²) in [6.45, 7) is 1.79. The molecule has 0 atom stereocenters. The molecule has 0 saturated carbocycles. The largest absolute Gasteiger partial charge is 0.495 e. The third-order valence-corrected chi connectivity index (χ3v) is 6.15. The fourth-order valence-electron chi connectivity index (χ4n) is 2.70. The molecule has 1 N–H and O–H groups in total. The van der Waals surface area contributed by atoms with Crippen molar-refractivity contribution in [2.75, 3.05) is 18.4 Å². The number of hydrogen-bond donors (Lipinski definition) is 1. The summed E-state index contributed by atoms with van der Waals surface area (Å²) in [6.07, 6.45) is 2.87. The van der Waals surface area contributed by atoms with E-state index >= 15 is 0 Å². The van der Waals surface area contributed by atoms with Gasteiger partial charge in [-0.1, -0.05) is 27.5 Å². The first kappa shape index (κ1) is 23.8. The van der Waals surface area contributed by atoms with Crippen molar-refractivity contribution in [2.24, 2.45) is 0 Å². The van der Waals surface area contributed by atoms with Crippen LogP contribution in [0.5, 0.6) is 17.2 Å². The summed E-state index contributed by atoms with van der Waals surface area (Å²) >= 11 is 9.19. The lowest BCUT2D eigenvalue weighted by atomic mass is 10.2. The van der Waals surface area contributed by atoms with Crippen LogP contribution in [0.25, 0.3) is 0 Å². The monoisotopic (exact) mass is 540 g/mol. The summed E-state index contributed by atoms with van der Waals surface area (Å²) in [7, 11) is -2.66. The van der Waals surface area contributed by atoms with E-state index in [0.717, 1.165) is 0 Å². The Balaban J connectivity index is 1.98. The highest BCUT2D eigenvalue weighted by Crippen LogP contribution is 2.32. The number of nitrogens with zero attached hydrogens (tertiary/aromatic N) is 1. The summed E-state index contributed by atoms with van der Waals surface area (Å²) in [5.74, 6) is -0.0657. The minimum absolute atomic E-state index is 0.0215. The van der Waals surface area contributed by atoms with Gasteiger partial charge >= 0.3 is 5.97 Å². The molecule has 2 aromatic carbocycles. The molecule has 0 aliphatic heterocycles. The molecule has 0 aliphatic carbocycles. The molecule has 168 valence electrons. The summed E-state index contributed by atoms with van der Waals surface area (Å²) in [6, 6.07) is 10.4. The zero-order valence-corrected chi connectivity index (χ0v) is 20.1. The average Bonchev–Trinajstić information content (AvgIpc) is 2.75. The van der Waals surface area contributed by atoms with E-state index in [1.165, 1.54) is 55.9 Å². The number of carbonyl (C=O) groups is 1. The summed E-state index contributed by atoms with van der Waals surface area (Å²) < 4.78 is 44.9. The van der Waals surface area contributed by atoms with Crippen molar-refractivity contribution in [3.8, 4) is 17.2 Å². The molecule has 0 fully saturated rings. The van der Waals surface area contributed by atoms with Gasteiger partial charge in [0.25, 0.3) is 10.0 Å². The van der Waals surface area contributed by atoms with Crippen molar-refractivity contribution in [1.29, 1.82) is 0 Å². The van der Waals surface area contributed by atoms with Gasteiger partial charge in [0, 0.05) is 22.4 Å². The number of ether oxygens (including phenoxy) is 3. The van der Waals surface area contributed by atoms with Gasteiger partial charge in [-0.05, 0) is 43.3 Å². The zero-order valence-electron chi connectivity index (χ0n) is 17.0. The molecule has 1 aromatic heterocycles.